The zero-order valence-corrected chi connectivity index (χ0v) is 18.1. The largest absolute Gasteiger partial charge is 0.492 e. The first kappa shape index (κ1) is 20.9. The number of hydrogen-bond acceptors (Lipinski definition) is 6. The van der Waals surface area contributed by atoms with E-state index in [4.69, 9.17) is 21.1 Å². The number of likely N-dealkylation sites (N-methyl/N-ethyl adjacent to an activating group) is 1. The fourth-order valence-corrected chi connectivity index (χ4v) is 5.70. The number of ether oxygens (including phenoxy) is 2. The quantitative estimate of drug-likeness (QED) is 0.707. The van der Waals surface area contributed by atoms with E-state index in [0.29, 0.717) is 28.1 Å². The molecule has 1 aromatic carbocycles. The molecule has 1 unspecified atom stereocenters. The molecule has 152 valence electrons. The Labute approximate surface area is 173 Å². The highest BCUT2D eigenvalue weighted by Crippen LogP contribution is 2.38. The molecule has 0 saturated heterocycles. The van der Waals surface area contributed by atoms with Crippen molar-refractivity contribution in [3.05, 3.63) is 34.2 Å². The van der Waals surface area contributed by atoms with Crippen molar-refractivity contribution in [2.75, 3.05) is 25.5 Å². The molecule has 1 aromatic heterocycles. The summed E-state index contributed by atoms with van der Waals surface area (Å²) >= 11 is 6.76. The molecule has 0 saturated carbocycles. The fourth-order valence-electron chi connectivity index (χ4n) is 2.88. The van der Waals surface area contributed by atoms with E-state index in [2.05, 4.69) is 5.32 Å². The molecule has 1 aliphatic rings. The fraction of sp³-hybridized carbons (Fsp3) is 0.389. The van der Waals surface area contributed by atoms with Crippen LogP contribution in [-0.2, 0) is 21.2 Å². The van der Waals surface area contributed by atoms with Crippen LogP contribution in [0.2, 0.25) is 4.34 Å². The van der Waals surface area contributed by atoms with E-state index in [1.54, 1.807) is 6.07 Å². The Kier molecular flexibility index (Phi) is 6.18. The third-order valence-corrected chi connectivity index (χ3v) is 7.65. The Morgan fingerprint density at radius 2 is 2.18 bits per heavy atom. The lowest BCUT2D eigenvalue weighted by Crippen LogP contribution is -2.34. The van der Waals surface area contributed by atoms with Crippen molar-refractivity contribution in [2.24, 2.45) is 0 Å². The molecule has 7 nitrogen and oxygen atoms in total. The van der Waals surface area contributed by atoms with Crippen LogP contribution in [0, 0.1) is 0 Å². The van der Waals surface area contributed by atoms with Gasteiger partial charge in [0.05, 0.1) is 23.2 Å². The summed E-state index contributed by atoms with van der Waals surface area (Å²) < 4.78 is 37.9. The average Bonchev–Trinajstić information content (AvgIpc) is 3.20. The van der Waals surface area contributed by atoms with E-state index in [9.17, 15) is 13.2 Å². The maximum atomic E-state index is 12.5. The molecule has 0 radical (unpaired) electrons. The molecule has 0 bridgehead atoms. The van der Waals surface area contributed by atoms with Crippen LogP contribution < -0.4 is 14.8 Å². The number of nitrogens with zero attached hydrogens (tertiary/aromatic N) is 1. The number of hydrogen-bond donors (Lipinski definition) is 1. The second-order valence-electron chi connectivity index (χ2n) is 6.39. The average molecular weight is 445 g/mol. The van der Waals surface area contributed by atoms with Gasteiger partial charge in [-0.1, -0.05) is 11.6 Å². The van der Waals surface area contributed by atoms with Gasteiger partial charge in [0.2, 0.25) is 5.91 Å². The Morgan fingerprint density at radius 3 is 2.82 bits per heavy atom. The van der Waals surface area contributed by atoms with Gasteiger partial charge in [-0.05, 0) is 32.0 Å². The molecule has 1 aliphatic heterocycles. The second-order valence-corrected chi connectivity index (χ2v) is 10.4. The molecular formula is C18H21ClN2O5S2. The van der Waals surface area contributed by atoms with Crippen molar-refractivity contribution in [3.8, 4) is 11.5 Å². The van der Waals surface area contributed by atoms with Crippen molar-refractivity contribution >= 4 is 44.6 Å². The predicted octanol–water partition coefficient (Wildman–Crippen LogP) is 3.38. The Hall–Kier alpha value is -1.81. The van der Waals surface area contributed by atoms with E-state index in [-0.39, 0.29) is 16.9 Å². The number of thiophene rings is 1. The number of sulfonamides is 1. The normalized spacial score (nSPS) is 16.0. The summed E-state index contributed by atoms with van der Waals surface area (Å²) in [6.45, 7) is 3.91. The smallest absolute Gasteiger partial charge is 0.252 e. The van der Waals surface area contributed by atoms with Gasteiger partial charge in [0, 0.05) is 25.1 Å². The second kappa shape index (κ2) is 8.28. The molecule has 1 amide bonds. The number of carbonyl (C=O) groups excluding carboxylic acids is 1. The van der Waals surface area contributed by atoms with Crippen molar-refractivity contribution in [1.82, 2.24) is 4.31 Å². The van der Waals surface area contributed by atoms with Gasteiger partial charge >= 0.3 is 0 Å². The van der Waals surface area contributed by atoms with Gasteiger partial charge in [-0.3, -0.25) is 4.79 Å². The van der Waals surface area contributed by atoms with Crippen molar-refractivity contribution in [2.45, 2.75) is 30.6 Å². The first-order chi connectivity index (χ1) is 13.2. The number of rotatable bonds is 7. The minimum atomic E-state index is -3.79. The number of nitrogens with one attached hydrogen (secondary N) is 1. The van der Waals surface area contributed by atoms with Crippen LogP contribution in [0.15, 0.2) is 28.5 Å². The Balaban J connectivity index is 1.75. The molecule has 2 aromatic rings. The lowest BCUT2D eigenvalue weighted by Gasteiger charge is -2.17. The molecule has 2 heterocycles. The number of carbonyl (C=O) groups is 1. The number of amides is 1. The van der Waals surface area contributed by atoms with Crippen LogP contribution in [0.25, 0.3) is 0 Å². The first-order valence-electron chi connectivity index (χ1n) is 8.68. The number of fused-ring (bicyclic) bond motifs is 1. The van der Waals surface area contributed by atoms with Gasteiger partial charge < -0.3 is 14.8 Å². The Morgan fingerprint density at radius 1 is 1.43 bits per heavy atom. The molecule has 0 aliphatic carbocycles. The van der Waals surface area contributed by atoms with Crippen LogP contribution in [0.5, 0.6) is 11.5 Å². The molecule has 1 atom stereocenters. The van der Waals surface area contributed by atoms with E-state index in [1.807, 2.05) is 19.9 Å². The van der Waals surface area contributed by atoms with Crippen LogP contribution >= 0.6 is 22.9 Å². The number of halogens is 1. The molecule has 28 heavy (non-hydrogen) atoms. The zero-order chi connectivity index (χ0) is 20.5. The highest BCUT2D eigenvalue weighted by atomic mass is 35.5. The van der Waals surface area contributed by atoms with Crippen molar-refractivity contribution in [3.63, 3.8) is 0 Å². The standard InChI is InChI=1S/C18H21ClN2O5S2/c1-4-25-15-8-12-7-11(2)26-14(12)9-13(15)20-17(22)10-21(3)28(23,24)18-6-5-16(19)27-18/h5-6,8-9,11H,4,7,10H2,1-3H3,(H,20,22). The van der Waals surface area contributed by atoms with Crippen molar-refractivity contribution < 1.29 is 22.7 Å². The molecule has 0 spiro atoms. The minimum absolute atomic E-state index is 0.0596. The third kappa shape index (κ3) is 4.43. The molecule has 3 rings (SSSR count). The molecule has 1 N–H and O–H groups in total. The van der Waals surface area contributed by atoms with Crippen LogP contribution in [0.3, 0.4) is 0 Å². The summed E-state index contributed by atoms with van der Waals surface area (Å²) in [7, 11) is -2.45. The van der Waals surface area contributed by atoms with Gasteiger partial charge in [0.15, 0.2) is 0 Å². The summed E-state index contributed by atoms with van der Waals surface area (Å²) in [5, 5.41) is 2.73. The van der Waals surface area contributed by atoms with E-state index >= 15 is 0 Å². The van der Waals surface area contributed by atoms with Crippen LogP contribution in [0.1, 0.15) is 19.4 Å². The highest BCUT2D eigenvalue weighted by molar-refractivity contribution is 7.91. The highest BCUT2D eigenvalue weighted by Gasteiger charge is 2.26. The lowest BCUT2D eigenvalue weighted by molar-refractivity contribution is -0.116. The van der Waals surface area contributed by atoms with Gasteiger partial charge in [0.25, 0.3) is 10.0 Å². The summed E-state index contributed by atoms with van der Waals surface area (Å²) in [6, 6.07) is 6.50. The predicted molar refractivity (Wildman–Crippen MR) is 109 cm³/mol. The van der Waals surface area contributed by atoms with E-state index in [0.717, 1.165) is 27.6 Å². The summed E-state index contributed by atoms with van der Waals surface area (Å²) in [4.78, 5) is 12.5. The molecular weight excluding hydrogens is 424 g/mol. The lowest BCUT2D eigenvalue weighted by atomic mass is 10.1. The SMILES string of the molecule is CCOc1cc2c(cc1NC(=O)CN(C)S(=O)(=O)c1ccc(Cl)s1)OC(C)C2. The maximum absolute atomic E-state index is 12.5. The van der Waals surface area contributed by atoms with E-state index < -0.39 is 15.9 Å². The third-order valence-electron chi connectivity index (χ3n) is 4.15. The van der Waals surface area contributed by atoms with Gasteiger partial charge in [0.1, 0.15) is 21.8 Å². The number of anilines is 1. The summed E-state index contributed by atoms with van der Waals surface area (Å²) in [5.74, 6) is 0.740. The number of benzene rings is 1. The van der Waals surface area contributed by atoms with Gasteiger partial charge in [-0.2, -0.15) is 4.31 Å². The maximum Gasteiger partial charge on any atom is 0.252 e. The van der Waals surface area contributed by atoms with Gasteiger partial charge in [-0.25, -0.2) is 8.42 Å². The minimum Gasteiger partial charge on any atom is -0.492 e. The summed E-state index contributed by atoms with van der Waals surface area (Å²) in [5.41, 5.74) is 1.47. The first-order valence-corrected chi connectivity index (χ1v) is 11.3. The monoisotopic (exact) mass is 444 g/mol. The van der Waals surface area contributed by atoms with Crippen LogP contribution in [-0.4, -0.2) is 44.9 Å². The van der Waals surface area contributed by atoms with Gasteiger partial charge in [-0.15, -0.1) is 11.3 Å². The van der Waals surface area contributed by atoms with Crippen LogP contribution in [0.4, 0.5) is 5.69 Å². The topological polar surface area (TPSA) is 84.9 Å². The Bertz CT molecular complexity index is 990. The molecule has 10 heteroatoms. The van der Waals surface area contributed by atoms with Crippen molar-refractivity contribution in [1.29, 1.82) is 0 Å². The zero-order valence-electron chi connectivity index (χ0n) is 15.7. The van der Waals surface area contributed by atoms with E-state index in [1.165, 1.54) is 19.2 Å². The molecule has 0 fully saturated rings. The summed E-state index contributed by atoms with van der Waals surface area (Å²) in [6.07, 6.45) is 0.831.